The highest BCUT2D eigenvalue weighted by atomic mass is 16.5. The fourth-order valence-corrected chi connectivity index (χ4v) is 2.54. The summed E-state index contributed by atoms with van der Waals surface area (Å²) in [5.74, 6) is 1.69. The van der Waals surface area contributed by atoms with Crippen LogP contribution in [0.15, 0.2) is 36.4 Å². The van der Waals surface area contributed by atoms with E-state index >= 15 is 0 Å². The van der Waals surface area contributed by atoms with Gasteiger partial charge in [0.1, 0.15) is 5.75 Å². The molecule has 1 amide bonds. The highest BCUT2D eigenvalue weighted by molar-refractivity contribution is 5.94. The Morgan fingerprint density at radius 2 is 1.68 bits per heavy atom. The molecule has 0 spiro atoms. The largest absolute Gasteiger partial charge is 0.493 e. The van der Waals surface area contributed by atoms with E-state index in [0.717, 1.165) is 16.9 Å². The minimum Gasteiger partial charge on any atom is -0.493 e. The molecular formula is C20H25NO4. The molecule has 0 fully saturated rings. The Hall–Kier alpha value is -2.69. The smallest absolute Gasteiger partial charge is 0.265 e. The summed E-state index contributed by atoms with van der Waals surface area (Å²) in [7, 11) is 3.13. The molecule has 0 bridgehead atoms. The second-order valence-corrected chi connectivity index (χ2v) is 5.84. The average Bonchev–Trinajstić information content (AvgIpc) is 2.60. The number of anilines is 1. The zero-order valence-electron chi connectivity index (χ0n) is 15.4. The summed E-state index contributed by atoms with van der Waals surface area (Å²) in [4.78, 5) is 12.6. The summed E-state index contributed by atoms with van der Waals surface area (Å²) in [5, 5.41) is 2.87. The van der Waals surface area contributed by atoms with Gasteiger partial charge in [-0.05, 0) is 44.0 Å². The van der Waals surface area contributed by atoms with E-state index < -0.39 is 6.10 Å². The van der Waals surface area contributed by atoms with Crippen LogP contribution >= 0.6 is 0 Å². The maximum atomic E-state index is 12.6. The van der Waals surface area contributed by atoms with E-state index in [9.17, 15) is 4.79 Å². The molecule has 0 aliphatic carbocycles. The van der Waals surface area contributed by atoms with Gasteiger partial charge < -0.3 is 19.5 Å². The first kappa shape index (κ1) is 18.6. The topological polar surface area (TPSA) is 56.8 Å². The lowest BCUT2D eigenvalue weighted by Crippen LogP contribution is -2.32. The summed E-state index contributed by atoms with van der Waals surface area (Å²) in [5.41, 5.74) is 2.80. The first-order valence-electron chi connectivity index (χ1n) is 8.25. The van der Waals surface area contributed by atoms with Crippen LogP contribution in [-0.2, 0) is 4.79 Å². The third-order valence-electron chi connectivity index (χ3n) is 3.91. The standard InChI is InChI=1S/C20H25NO4/c1-6-16(25-17-9-7-13(2)11-14(17)3)20(22)21-15-8-10-18(23-4)19(12-15)24-5/h7-12,16H,6H2,1-5H3,(H,21,22)/t16-/m0/s1. The molecule has 2 aromatic rings. The number of rotatable bonds is 7. The van der Waals surface area contributed by atoms with Crippen molar-refractivity contribution in [3.63, 3.8) is 0 Å². The van der Waals surface area contributed by atoms with E-state index in [1.54, 1.807) is 32.4 Å². The molecule has 2 aromatic carbocycles. The molecule has 0 heterocycles. The molecule has 5 heteroatoms. The van der Waals surface area contributed by atoms with E-state index in [0.29, 0.717) is 23.6 Å². The number of carbonyl (C=O) groups is 1. The molecule has 2 rings (SSSR count). The molecule has 0 aromatic heterocycles. The van der Waals surface area contributed by atoms with Crippen LogP contribution in [0, 0.1) is 13.8 Å². The van der Waals surface area contributed by atoms with Crippen LogP contribution in [0.4, 0.5) is 5.69 Å². The summed E-state index contributed by atoms with van der Waals surface area (Å²) < 4.78 is 16.4. The number of benzene rings is 2. The molecule has 0 radical (unpaired) electrons. The van der Waals surface area contributed by atoms with Crippen molar-refractivity contribution in [1.29, 1.82) is 0 Å². The van der Waals surface area contributed by atoms with Crippen LogP contribution in [0.2, 0.25) is 0 Å². The Labute approximate surface area is 148 Å². The number of aryl methyl sites for hydroxylation is 2. The number of hydrogen-bond acceptors (Lipinski definition) is 4. The van der Waals surface area contributed by atoms with Crippen molar-refractivity contribution >= 4 is 11.6 Å². The van der Waals surface area contributed by atoms with Crippen LogP contribution in [0.3, 0.4) is 0 Å². The molecule has 134 valence electrons. The quantitative estimate of drug-likeness (QED) is 0.822. The molecule has 1 N–H and O–H groups in total. The van der Waals surface area contributed by atoms with Crippen molar-refractivity contribution in [2.75, 3.05) is 19.5 Å². The highest BCUT2D eigenvalue weighted by Crippen LogP contribution is 2.30. The molecule has 0 saturated heterocycles. The van der Waals surface area contributed by atoms with Gasteiger partial charge in [-0.25, -0.2) is 0 Å². The predicted octanol–water partition coefficient (Wildman–Crippen LogP) is 4.12. The Morgan fingerprint density at radius 1 is 1.00 bits per heavy atom. The monoisotopic (exact) mass is 343 g/mol. The first-order chi connectivity index (χ1) is 12.0. The van der Waals surface area contributed by atoms with Crippen molar-refractivity contribution in [3.05, 3.63) is 47.5 Å². The fourth-order valence-electron chi connectivity index (χ4n) is 2.54. The van der Waals surface area contributed by atoms with Gasteiger partial charge >= 0.3 is 0 Å². The van der Waals surface area contributed by atoms with Gasteiger partial charge in [0.25, 0.3) is 5.91 Å². The van der Waals surface area contributed by atoms with Crippen molar-refractivity contribution in [1.82, 2.24) is 0 Å². The predicted molar refractivity (Wildman–Crippen MR) is 98.8 cm³/mol. The minimum atomic E-state index is -0.575. The van der Waals surface area contributed by atoms with Crippen molar-refractivity contribution in [3.8, 4) is 17.2 Å². The fraction of sp³-hybridized carbons (Fsp3) is 0.350. The lowest BCUT2D eigenvalue weighted by Gasteiger charge is -2.19. The van der Waals surface area contributed by atoms with Crippen LogP contribution in [-0.4, -0.2) is 26.2 Å². The van der Waals surface area contributed by atoms with Gasteiger partial charge in [-0.2, -0.15) is 0 Å². The Balaban J connectivity index is 2.12. The zero-order chi connectivity index (χ0) is 18.4. The molecular weight excluding hydrogens is 318 g/mol. The van der Waals surface area contributed by atoms with Gasteiger partial charge in [-0.1, -0.05) is 24.6 Å². The lowest BCUT2D eigenvalue weighted by molar-refractivity contribution is -0.122. The first-order valence-corrected chi connectivity index (χ1v) is 8.25. The van der Waals surface area contributed by atoms with Crippen molar-refractivity contribution < 1.29 is 19.0 Å². The van der Waals surface area contributed by atoms with Gasteiger partial charge in [0.2, 0.25) is 0 Å². The average molecular weight is 343 g/mol. The van der Waals surface area contributed by atoms with Crippen molar-refractivity contribution in [2.45, 2.75) is 33.3 Å². The van der Waals surface area contributed by atoms with Crippen LogP contribution in [0.25, 0.3) is 0 Å². The molecule has 0 saturated carbocycles. The number of carbonyl (C=O) groups excluding carboxylic acids is 1. The molecule has 0 aliphatic heterocycles. The second kappa shape index (κ2) is 8.42. The van der Waals surface area contributed by atoms with Gasteiger partial charge in [0.15, 0.2) is 17.6 Å². The molecule has 0 unspecified atom stereocenters. The zero-order valence-corrected chi connectivity index (χ0v) is 15.4. The summed E-state index contributed by atoms with van der Waals surface area (Å²) in [6.07, 6.45) is -0.0126. The van der Waals surface area contributed by atoms with Crippen LogP contribution in [0.1, 0.15) is 24.5 Å². The number of nitrogens with one attached hydrogen (secondary N) is 1. The third kappa shape index (κ3) is 4.66. The van der Waals surface area contributed by atoms with Crippen molar-refractivity contribution in [2.24, 2.45) is 0 Å². The Bertz CT molecular complexity index is 742. The highest BCUT2D eigenvalue weighted by Gasteiger charge is 2.20. The van der Waals surface area contributed by atoms with E-state index in [2.05, 4.69) is 5.32 Å². The Morgan fingerprint density at radius 3 is 2.28 bits per heavy atom. The second-order valence-electron chi connectivity index (χ2n) is 5.84. The van der Waals surface area contributed by atoms with E-state index in [1.807, 2.05) is 39.0 Å². The maximum Gasteiger partial charge on any atom is 0.265 e. The van der Waals surface area contributed by atoms with E-state index in [4.69, 9.17) is 14.2 Å². The molecule has 25 heavy (non-hydrogen) atoms. The molecule has 1 atom stereocenters. The number of hydrogen-bond donors (Lipinski definition) is 1. The normalized spacial score (nSPS) is 11.6. The summed E-state index contributed by atoms with van der Waals surface area (Å²) in [6, 6.07) is 11.1. The number of methoxy groups -OCH3 is 2. The maximum absolute atomic E-state index is 12.6. The Kier molecular flexibility index (Phi) is 6.28. The number of ether oxygens (including phenoxy) is 3. The summed E-state index contributed by atoms with van der Waals surface area (Å²) >= 11 is 0. The lowest BCUT2D eigenvalue weighted by atomic mass is 10.1. The SMILES string of the molecule is CC[C@H](Oc1ccc(C)cc1C)C(=O)Nc1ccc(OC)c(OC)c1. The van der Waals surface area contributed by atoms with Gasteiger partial charge in [0.05, 0.1) is 14.2 Å². The van der Waals surface area contributed by atoms with E-state index in [-0.39, 0.29) is 5.91 Å². The van der Waals surface area contributed by atoms with Gasteiger partial charge in [0, 0.05) is 11.8 Å². The minimum absolute atomic E-state index is 0.199. The number of amides is 1. The van der Waals surface area contributed by atoms with Gasteiger partial charge in [-0.3, -0.25) is 4.79 Å². The summed E-state index contributed by atoms with van der Waals surface area (Å²) in [6.45, 7) is 5.92. The van der Waals surface area contributed by atoms with E-state index in [1.165, 1.54) is 0 Å². The van der Waals surface area contributed by atoms with Crippen LogP contribution in [0.5, 0.6) is 17.2 Å². The van der Waals surface area contributed by atoms with Crippen LogP contribution < -0.4 is 19.5 Å². The third-order valence-corrected chi connectivity index (χ3v) is 3.91. The molecule has 0 aliphatic rings. The molecule has 5 nitrogen and oxygen atoms in total. The van der Waals surface area contributed by atoms with Gasteiger partial charge in [-0.15, -0.1) is 0 Å².